The molecule has 0 amide bonds. The predicted molar refractivity (Wildman–Crippen MR) is 49.1 cm³/mol. The summed E-state index contributed by atoms with van der Waals surface area (Å²) in [6, 6.07) is 0. The van der Waals surface area contributed by atoms with Crippen LogP contribution in [0.15, 0.2) is 11.3 Å². The Labute approximate surface area is 102 Å². The molecular formula is C10H8F6O3. The van der Waals surface area contributed by atoms with Gasteiger partial charge in [-0.2, -0.15) is 26.3 Å². The topological polar surface area (TPSA) is 54.4 Å². The van der Waals surface area contributed by atoms with E-state index in [2.05, 4.69) is 0 Å². The summed E-state index contributed by atoms with van der Waals surface area (Å²) in [7, 11) is 0. The average Bonchev–Trinajstić information content (AvgIpc) is 2.25. The molecule has 0 aromatic carbocycles. The summed E-state index contributed by atoms with van der Waals surface area (Å²) in [4.78, 5) is 22.4. The van der Waals surface area contributed by atoms with Gasteiger partial charge in [-0.05, 0) is 19.3 Å². The van der Waals surface area contributed by atoms with Crippen LogP contribution in [0.1, 0.15) is 19.3 Å². The Morgan fingerprint density at radius 3 is 2.05 bits per heavy atom. The number of rotatable bonds is 1. The van der Waals surface area contributed by atoms with Crippen LogP contribution in [0.3, 0.4) is 0 Å². The van der Waals surface area contributed by atoms with E-state index < -0.39 is 54.0 Å². The molecular weight excluding hydrogens is 282 g/mol. The van der Waals surface area contributed by atoms with Crippen LogP contribution >= 0.6 is 0 Å². The minimum Gasteiger partial charge on any atom is -0.504 e. The largest absolute Gasteiger partial charge is 0.504 e. The lowest BCUT2D eigenvalue weighted by atomic mass is 9.81. The molecule has 9 heteroatoms. The maximum Gasteiger partial charge on any atom is 0.450 e. The molecule has 0 bridgehead atoms. The van der Waals surface area contributed by atoms with Gasteiger partial charge in [-0.25, -0.2) is 0 Å². The van der Waals surface area contributed by atoms with Gasteiger partial charge in [-0.1, -0.05) is 0 Å². The number of carbonyl (C=O) groups is 2. The number of hydrogen-bond donors (Lipinski definition) is 1. The molecule has 108 valence electrons. The van der Waals surface area contributed by atoms with E-state index in [0.717, 1.165) is 0 Å². The number of ketones is 2. The van der Waals surface area contributed by atoms with Gasteiger partial charge in [0.05, 0.1) is 5.92 Å². The smallest absolute Gasteiger partial charge is 0.450 e. The summed E-state index contributed by atoms with van der Waals surface area (Å²) in [5.41, 5.74) is -1.17. The molecule has 0 heterocycles. The van der Waals surface area contributed by atoms with Crippen molar-refractivity contribution in [3.63, 3.8) is 0 Å². The Kier molecular flexibility index (Phi) is 3.97. The second-order valence-corrected chi connectivity index (χ2v) is 4.00. The van der Waals surface area contributed by atoms with E-state index in [0.29, 0.717) is 0 Å². The van der Waals surface area contributed by atoms with Crippen molar-refractivity contribution in [3.05, 3.63) is 11.3 Å². The van der Waals surface area contributed by atoms with Gasteiger partial charge in [0.25, 0.3) is 0 Å². The van der Waals surface area contributed by atoms with Crippen LogP contribution in [0.4, 0.5) is 26.3 Å². The van der Waals surface area contributed by atoms with Crippen LogP contribution in [0.2, 0.25) is 0 Å². The fraction of sp³-hybridized carbons (Fsp3) is 0.600. The molecule has 0 radical (unpaired) electrons. The van der Waals surface area contributed by atoms with Gasteiger partial charge < -0.3 is 5.11 Å². The monoisotopic (exact) mass is 290 g/mol. The zero-order chi connectivity index (χ0) is 15.0. The van der Waals surface area contributed by atoms with Crippen molar-refractivity contribution >= 4 is 11.6 Å². The van der Waals surface area contributed by atoms with Crippen molar-refractivity contribution < 1.29 is 41.0 Å². The van der Waals surface area contributed by atoms with E-state index in [9.17, 15) is 35.9 Å². The van der Waals surface area contributed by atoms with Crippen LogP contribution in [0.5, 0.6) is 0 Å². The second-order valence-electron chi connectivity index (χ2n) is 4.00. The first-order valence-electron chi connectivity index (χ1n) is 5.10. The lowest BCUT2D eigenvalue weighted by Crippen LogP contribution is -2.38. The molecule has 1 atom stereocenters. The fourth-order valence-electron chi connectivity index (χ4n) is 1.80. The minimum absolute atomic E-state index is 0.215. The van der Waals surface area contributed by atoms with Gasteiger partial charge >= 0.3 is 12.4 Å². The molecule has 19 heavy (non-hydrogen) atoms. The average molecular weight is 290 g/mol. The van der Waals surface area contributed by atoms with E-state index in [4.69, 9.17) is 5.11 Å². The third kappa shape index (κ3) is 3.27. The van der Waals surface area contributed by atoms with Crippen molar-refractivity contribution in [2.45, 2.75) is 31.6 Å². The van der Waals surface area contributed by atoms with Crippen molar-refractivity contribution in [1.29, 1.82) is 0 Å². The highest BCUT2D eigenvalue weighted by Gasteiger charge is 2.49. The summed E-state index contributed by atoms with van der Waals surface area (Å²) in [5.74, 6) is -8.42. The highest BCUT2D eigenvalue weighted by Crippen LogP contribution is 2.36. The van der Waals surface area contributed by atoms with Gasteiger partial charge in [0.15, 0.2) is 5.78 Å². The third-order valence-corrected chi connectivity index (χ3v) is 2.68. The normalized spacial score (nSPS) is 24.3. The van der Waals surface area contributed by atoms with Crippen molar-refractivity contribution in [1.82, 2.24) is 0 Å². The van der Waals surface area contributed by atoms with E-state index in [1.54, 1.807) is 0 Å². The van der Waals surface area contributed by atoms with Gasteiger partial charge in [0.2, 0.25) is 11.5 Å². The second kappa shape index (κ2) is 4.86. The van der Waals surface area contributed by atoms with E-state index in [1.807, 2.05) is 0 Å². The summed E-state index contributed by atoms with van der Waals surface area (Å²) in [6.45, 7) is 0. The Bertz CT molecular complexity index is 432. The van der Waals surface area contributed by atoms with Crippen molar-refractivity contribution in [2.75, 3.05) is 0 Å². The number of hydrogen-bond acceptors (Lipinski definition) is 3. The van der Waals surface area contributed by atoms with Crippen LogP contribution in [0, 0.1) is 5.92 Å². The number of aliphatic hydroxyl groups excluding tert-OH is 1. The predicted octanol–water partition coefficient (Wildman–Crippen LogP) is 2.86. The van der Waals surface area contributed by atoms with E-state index in [1.165, 1.54) is 0 Å². The number of alkyl halides is 6. The highest BCUT2D eigenvalue weighted by molar-refractivity contribution is 6.12. The van der Waals surface area contributed by atoms with Crippen LogP contribution in [0.25, 0.3) is 0 Å². The zero-order valence-electron chi connectivity index (χ0n) is 9.23. The Morgan fingerprint density at radius 2 is 1.63 bits per heavy atom. The van der Waals surface area contributed by atoms with Crippen LogP contribution < -0.4 is 0 Å². The van der Waals surface area contributed by atoms with Gasteiger partial charge in [-0.15, -0.1) is 0 Å². The van der Waals surface area contributed by atoms with Crippen molar-refractivity contribution in [3.8, 4) is 0 Å². The molecule has 1 rings (SSSR count). The molecule has 3 nitrogen and oxygen atoms in total. The van der Waals surface area contributed by atoms with Crippen molar-refractivity contribution in [2.24, 2.45) is 5.92 Å². The number of aliphatic hydroxyl groups is 1. The van der Waals surface area contributed by atoms with E-state index in [-0.39, 0.29) is 6.42 Å². The molecule has 1 aliphatic rings. The summed E-state index contributed by atoms with van der Waals surface area (Å²) in [6.07, 6.45) is -11.7. The Morgan fingerprint density at radius 1 is 1.11 bits per heavy atom. The van der Waals surface area contributed by atoms with Gasteiger partial charge in [0.1, 0.15) is 0 Å². The number of allylic oxidation sites excluding steroid dienone is 2. The lowest BCUT2D eigenvalue weighted by Gasteiger charge is -2.23. The molecule has 0 spiro atoms. The number of carbonyl (C=O) groups excluding carboxylic acids is 2. The molecule has 0 aliphatic heterocycles. The third-order valence-electron chi connectivity index (χ3n) is 2.68. The first-order valence-corrected chi connectivity index (χ1v) is 5.10. The lowest BCUT2D eigenvalue weighted by molar-refractivity contribution is -0.177. The Hall–Kier alpha value is -1.54. The standard InChI is InChI=1S/C10H8F6O3/c11-9(12,13)7(18)4-2-1-3-5(6(4)17)8(19)10(14,15)16/h4,19H,1-3H2/t4-/m1/s1. The molecule has 1 fully saturated rings. The van der Waals surface area contributed by atoms with E-state index >= 15 is 0 Å². The van der Waals surface area contributed by atoms with Crippen LogP contribution in [-0.4, -0.2) is 29.0 Å². The molecule has 1 N–H and O–H groups in total. The quantitative estimate of drug-likeness (QED) is 0.350. The number of halogens is 6. The maximum atomic E-state index is 12.2. The number of Topliss-reactive ketones (excluding diaryl/α,β-unsaturated/α-hetero) is 2. The molecule has 0 saturated heterocycles. The highest BCUT2D eigenvalue weighted by atomic mass is 19.4. The summed E-state index contributed by atoms with van der Waals surface area (Å²) >= 11 is 0. The first kappa shape index (κ1) is 15.5. The molecule has 1 aliphatic carbocycles. The Balaban J connectivity index is 3.11. The molecule has 0 aromatic heterocycles. The summed E-state index contributed by atoms with van der Waals surface area (Å²) in [5, 5.41) is 8.82. The molecule has 1 saturated carbocycles. The first-order chi connectivity index (χ1) is 8.46. The minimum atomic E-state index is -5.30. The fourth-order valence-corrected chi connectivity index (χ4v) is 1.80. The van der Waals surface area contributed by atoms with Crippen LogP contribution in [-0.2, 0) is 9.59 Å². The molecule has 0 aromatic rings. The van der Waals surface area contributed by atoms with Gasteiger partial charge in [-0.3, -0.25) is 9.59 Å². The SMILES string of the molecule is O=C1C(=C(O)C(F)(F)F)CCC[C@H]1C(=O)C(F)(F)F. The molecule has 0 unspecified atom stereocenters. The maximum absolute atomic E-state index is 12.2. The van der Waals surface area contributed by atoms with Gasteiger partial charge in [0, 0.05) is 5.57 Å². The zero-order valence-corrected chi connectivity index (χ0v) is 9.23. The summed E-state index contributed by atoms with van der Waals surface area (Å²) < 4.78 is 73.1.